The van der Waals surface area contributed by atoms with Gasteiger partial charge in [-0.15, -0.1) is 0 Å². The molecule has 0 saturated carbocycles. The Hall–Kier alpha value is -3.37. The predicted molar refractivity (Wildman–Crippen MR) is 127 cm³/mol. The summed E-state index contributed by atoms with van der Waals surface area (Å²) in [5, 5.41) is 0. The highest BCUT2D eigenvalue weighted by Crippen LogP contribution is 2.34. The number of ether oxygens (including phenoxy) is 3. The van der Waals surface area contributed by atoms with E-state index in [9.17, 15) is 13.2 Å². The van der Waals surface area contributed by atoms with Crippen LogP contribution in [0.3, 0.4) is 0 Å². The Bertz CT molecular complexity index is 1200. The van der Waals surface area contributed by atoms with Gasteiger partial charge in [0, 0.05) is 45.2 Å². The molecule has 0 atom stereocenters. The van der Waals surface area contributed by atoms with Gasteiger partial charge < -0.3 is 19.1 Å². The van der Waals surface area contributed by atoms with E-state index < -0.39 is 11.7 Å². The number of methoxy groups -OCH3 is 1. The quantitative estimate of drug-likeness (QED) is 0.487. The van der Waals surface area contributed by atoms with Crippen LogP contribution in [0.1, 0.15) is 22.4 Å². The van der Waals surface area contributed by atoms with Gasteiger partial charge in [0.15, 0.2) is 0 Å². The summed E-state index contributed by atoms with van der Waals surface area (Å²) in [6.45, 7) is 4.42. The molecule has 5 rings (SSSR count). The van der Waals surface area contributed by atoms with Crippen LogP contribution in [-0.2, 0) is 30.4 Å². The second kappa shape index (κ2) is 10.3. The van der Waals surface area contributed by atoms with E-state index in [4.69, 9.17) is 24.2 Å². The van der Waals surface area contributed by atoms with E-state index in [0.29, 0.717) is 69.1 Å². The van der Waals surface area contributed by atoms with Crippen LogP contribution in [0, 0.1) is 0 Å². The summed E-state index contributed by atoms with van der Waals surface area (Å²) in [4.78, 5) is 13.9. The lowest BCUT2D eigenvalue weighted by atomic mass is 10.0. The molecule has 0 unspecified atom stereocenters. The molecule has 0 bridgehead atoms. The van der Waals surface area contributed by atoms with E-state index in [1.165, 1.54) is 12.1 Å². The minimum Gasteiger partial charge on any atom is -0.497 e. The van der Waals surface area contributed by atoms with Crippen LogP contribution in [0.15, 0.2) is 48.5 Å². The Morgan fingerprint density at radius 2 is 1.72 bits per heavy atom. The SMILES string of the molecule is COc1cccc(Oc2nc(N3CCOCC3)nc3c2CN(Cc2ccc(C(F)(F)F)cc2)CC3)c1. The molecular weight excluding hydrogens is 473 g/mol. The van der Waals surface area contributed by atoms with Crippen molar-refractivity contribution in [3.63, 3.8) is 0 Å². The molecule has 0 spiro atoms. The molecule has 1 saturated heterocycles. The third-order valence-corrected chi connectivity index (χ3v) is 6.33. The molecular formula is C26H27F3N4O3. The van der Waals surface area contributed by atoms with E-state index in [1.807, 2.05) is 18.2 Å². The van der Waals surface area contributed by atoms with Gasteiger partial charge in [-0.25, -0.2) is 4.98 Å². The summed E-state index contributed by atoms with van der Waals surface area (Å²) < 4.78 is 55.8. The van der Waals surface area contributed by atoms with Crippen molar-refractivity contribution >= 4 is 5.95 Å². The number of anilines is 1. The molecule has 0 amide bonds. The van der Waals surface area contributed by atoms with Crippen molar-refractivity contribution in [1.29, 1.82) is 0 Å². The van der Waals surface area contributed by atoms with Crippen molar-refractivity contribution in [3.05, 3.63) is 70.9 Å². The van der Waals surface area contributed by atoms with Crippen LogP contribution in [-0.4, -0.2) is 54.8 Å². The first kappa shape index (κ1) is 24.3. The van der Waals surface area contributed by atoms with Gasteiger partial charge in [-0.05, 0) is 29.8 Å². The molecule has 2 aliphatic heterocycles. The minimum atomic E-state index is -4.34. The van der Waals surface area contributed by atoms with Crippen LogP contribution in [0.4, 0.5) is 19.1 Å². The van der Waals surface area contributed by atoms with Crippen LogP contribution >= 0.6 is 0 Å². The highest BCUT2D eigenvalue weighted by molar-refractivity contribution is 5.44. The summed E-state index contributed by atoms with van der Waals surface area (Å²) in [5.41, 5.74) is 1.97. The molecule has 36 heavy (non-hydrogen) atoms. The van der Waals surface area contributed by atoms with Gasteiger partial charge in [0.1, 0.15) is 11.5 Å². The van der Waals surface area contributed by atoms with Gasteiger partial charge in [0.25, 0.3) is 0 Å². The average molecular weight is 501 g/mol. The van der Waals surface area contributed by atoms with Gasteiger partial charge in [-0.1, -0.05) is 18.2 Å². The van der Waals surface area contributed by atoms with Gasteiger partial charge in [-0.3, -0.25) is 4.90 Å². The summed E-state index contributed by atoms with van der Waals surface area (Å²) >= 11 is 0. The number of aromatic nitrogens is 2. The van der Waals surface area contributed by atoms with Gasteiger partial charge in [0.05, 0.1) is 37.1 Å². The van der Waals surface area contributed by atoms with Crippen molar-refractivity contribution in [1.82, 2.24) is 14.9 Å². The Kier molecular flexibility index (Phi) is 6.97. The van der Waals surface area contributed by atoms with Crippen molar-refractivity contribution in [2.45, 2.75) is 25.7 Å². The van der Waals surface area contributed by atoms with Crippen LogP contribution < -0.4 is 14.4 Å². The maximum atomic E-state index is 12.9. The fourth-order valence-corrected chi connectivity index (χ4v) is 4.39. The van der Waals surface area contributed by atoms with Crippen LogP contribution in [0.25, 0.3) is 0 Å². The second-order valence-electron chi connectivity index (χ2n) is 8.79. The second-order valence-corrected chi connectivity index (χ2v) is 8.79. The van der Waals surface area contributed by atoms with Crippen molar-refractivity contribution in [3.8, 4) is 17.4 Å². The van der Waals surface area contributed by atoms with Gasteiger partial charge >= 0.3 is 6.18 Å². The average Bonchev–Trinajstić information content (AvgIpc) is 2.89. The first-order valence-corrected chi connectivity index (χ1v) is 11.8. The monoisotopic (exact) mass is 500 g/mol. The molecule has 2 aromatic carbocycles. The van der Waals surface area contributed by atoms with E-state index in [0.717, 1.165) is 35.5 Å². The number of morpholine rings is 1. The minimum absolute atomic E-state index is 0.479. The maximum Gasteiger partial charge on any atom is 0.416 e. The Labute approximate surface area is 207 Å². The maximum absolute atomic E-state index is 12.9. The Morgan fingerprint density at radius 1 is 0.972 bits per heavy atom. The number of halogens is 3. The highest BCUT2D eigenvalue weighted by atomic mass is 19.4. The third-order valence-electron chi connectivity index (χ3n) is 6.33. The summed E-state index contributed by atoms with van der Waals surface area (Å²) in [6, 6.07) is 12.6. The largest absolute Gasteiger partial charge is 0.497 e. The number of hydrogen-bond donors (Lipinski definition) is 0. The Morgan fingerprint density at radius 3 is 2.44 bits per heavy atom. The van der Waals surface area contributed by atoms with E-state index in [1.54, 1.807) is 13.2 Å². The molecule has 1 fully saturated rings. The van der Waals surface area contributed by atoms with Gasteiger partial charge in [-0.2, -0.15) is 18.2 Å². The van der Waals surface area contributed by atoms with Crippen molar-refractivity contribution in [2.75, 3.05) is 44.9 Å². The predicted octanol–water partition coefficient (Wildman–Crippen LogP) is 4.69. The normalized spacial score (nSPS) is 16.5. The fourth-order valence-electron chi connectivity index (χ4n) is 4.39. The summed E-state index contributed by atoms with van der Waals surface area (Å²) in [7, 11) is 1.60. The summed E-state index contributed by atoms with van der Waals surface area (Å²) in [6.07, 6.45) is -3.66. The number of hydrogen-bond acceptors (Lipinski definition) is 7. The van der Waals surface area contributed by atoms with E-state index >= 15 is 0 Å². The molecule has 0 N–H and O–H groups in total. The first-order valence-electron chi connectivity index (χ1n) is 11.8. The van der Waals surface area contributed by atoms with Crippen LogP contribution in [0.2, 0.25) is 0 Å². The van der Waals surface area contributed by atoms with Gasteiger partial charge in [0.2, 0.25) is 11.8 Å². The zero-order valence-corrected chi connectivity index (χ0v) is 19.9. The topological polar surface area (TPSA) is 60.0 Å². The first-order chi connectivity index (χ1) is 17.4. The lowest BCUT2D eigenvalue weighted by Crippen LogP contribution is -2.38. The molecule has 10 heteroatoms. The molecule has 3 heterocycles. The zero-order valence-electron chi connectivity index (χ0n) is 19.9. The van der Waals surface area contributed by atoms with Crippen molar-refractivity contribution in [2.24, 2.45) is 0 Å². The number of alkyl halides is 3. The highest BCUT2D eigenvalue weighted by Gasteiger charge is 2.30. The van der Waals surface area contributed by atoms with Crippen LogP contribution in [0.5, 0.6) is 17.4 Å². The van der Waals surface area contributed by atoms with Crippen molar-refractivity contribution < 1.29 is 27.4 Å². The summed E-state index contributed by atoms with van der Waals surface area (Å²) in [5.74, 6) is 2.37. The fraction of sp³-hybridized carbons (Fsp3) is 0.385. The third kappa shape index (κ3) is 5.55. The lowest BCUT2D eigenvalue weighted by molar-refractivity contribution is -0.137. The molecule has 3 aromatic rings. The molecule has 1 aromatic heterocycles. The number of nitrogens with zero attached hydrogens (tertiary/aromatic N) is 4. The molecule has 190 valence electrons. The molecule has 0 aliphatic carbocycles. The molecule has 2 aliphatic rings. The lowest BCUT2D eigenvalue weighted by Gasteiger charge is -2.32. The number of fused-ring (bicyclic) bond motifs is 1. The smallest absolute Gasteiger partial charge is 0.416 e. The zero-order chi connectivity index (χ0) is 25.1. The molecule has 0 radical (unpaired) electrons. The standard InChI is InChI=1S/C26H27F3N4O3/c1-34-20-3-2-4-21(15-20)36-24-22-17-32(16-18-5-7-19(8-6-18)26(27,28)29)10-9-23(22)30-25(31-24)33-11-13-35-14-12-33/h2-8,15H,9-14,16-17H2,1H3. The number of rotatable bonds is 6. The number of benzene rings is 2. The van der Waals surface area contributed by atoms with E-state index in [-0.39, 0.29) is 0 Å². The Balaban J connectivity index is 1.41. The van der Waals surface area contributed by atoms with E-state index in [2.05, 4.69) is 9.80 Å². The molecule has 7 nitrogen and oxygen atoms in total.